The van der Waals surface area contributed by atoms with Gasteiger partial charge < -0.3 is 10.6 Å². The largest absolute Gasteiger partial charge is 0.352 e. The van der Waals surface area contributed by atoms with Gasteiger partial charge in [0.05, 0.1) is 6.54 Å². The molecule has 6 nitrogen and oxygen atoms in total. The number of halogens is 1. The van der Waals surface area contributed by atoms with Crippen molar-refractivity contribution in [3.8, 4) is 0 Å². The van der Waals surface area contributed by atoms with Crippen molar-refractivity contribution in [3.63, 3.8) is 0 Å². The monoisotopic (exact) mass is 336 g/mol. The Bertz CT molecular complexity index is 592. The molecule has 1 aromatic carbocycles. The number of guanidine groups is 1. The summed E-state index contributed by atoms with van der Waals surface area (Å²) in [5.41, 5.74) is 1.18. The molecule has 2 N–H and O–H groups in total. The second-order valence-corrected chi connectivity index (χ2v) is 5.12. The highest BCUT2D eigenvalue weighted by Crippen LogP contribution is 2.11. The van der Waals surface area contributed by atoms with Crippen LogP contribution in [0.1, 0.15) is 11.4 Å². The smallest absolute Gasteiger partial charge is 0.191 e. The Morgan fingerprint density at radius 3 is 2.80 bits per heavy atom. The van der Waals surface area contributed by atoms with Crippen molar-refractivity contribution in [1.82, 2.24) is 25.4 Å². The van der Waals surface area contributed by atoms with Gasteiger partial charge in [0, 0.05) is 25.1 Å². The van der Waals surface area contributed by atoms with Crippen molar-refractivity contribution in [3.05, 3.63) is 46.5 Å². The van der Waals surface area contributed by atoms with Crippen LogP contribution in [0.15, 0.2) is 40.1 Å². The Morgan fingerprint density at radius 2 is 2.15 bits per heavy atom. The Morgan fingerprint density at radius 1 is 1.35 bits per heavy atom. The molecule has 1 heterocycles. The molecule has 0 saturated carbocycles. The standard InChI is InChI=1S/C13H17BrN6/c1-15-13(17-8-12-18-9-19-20(12)2)16-7-10-4-3-5-11(14)6-10/h3-6,9H,7-8H2,1-2H3,(H2,15,16,17). The molecule has 0 unspecified atom stereocenters. The summed E-state index contributed by atoms with van der Waals surface area (Å²) in [4.78, 5) is 8.33. The third-order valence-electron chi connectivity index (χ3n) is 2.79. The van der Waals surface area contributed by atoms with E-state index in [2.05, 4.69) is 53.8 Å². The van der Waals surface area contributed by atoms with Crippen LogP contribution in [0.25, 0.3) is 0 Å². The Balaban J connectivity index is 1.85. The van der Waals surface area contributed by atoms with Crippen molar-refractivity contribution >= 4 is 21.9 Å². The van der Waals surface area contributed by atoms with Crippen molar-refractivity contribution in [2.45, 2.75) is 13.1 Å². The zero-order valence-electron chi connectivity index (χ0n) is 11.5. The van der Waals surface area contributed by atoms with Gasteiger partial charge in [-0.15, -0.1) is 0 Å². The van der Waals surface area contributed by atoms with Gasteiger partial charge in [-0.25, -0.2) is 4.98 Å². The summed E-state index contributed by atoms with van der Waals surface area (Å²) in [5.74, 6) is 1.59. The minimum atomic E-state index is 0.578. The number of rotatable bonds is 4. The predicted molar refractivity (Wildman–Crippen MR) is 82.2 cm³/mol. The lowest BCUT2D eigenvalue weighted by Crippen LogP contribution is -2.36. The molecular formula is C13H17BrN6. The lowest BCUT2D eigenvalue weighted by atomic mass is 10.2. The minimum Gasteiger partial charge on any atom is -0.352 e. The molecule has 0 bridgehead atoms. The Labute approximate surface area is 126 Å². The third-order valence-corrected chi connectivity index (χ3v) is 3.28. The molecule has 0 amide bonds. The van der Waals surface area contributed by atoms with E-state index in [1.54, 1.807) is 11.7 Å². The van der Waals surface area contributed by atoms with Crippen molar-refractivity contribution in [2.24, 2.45) is 12.0 Å². The zero-order chi connectivity index (χ0) is 14.4. The normalized spacial score (nSPS) is 11.4. The van der Waals surface area contributed by atoms with Crippen LogP contribution >= 0.6 is 15.9 Å². The van der Waals surface area contributed by atoms with Gasteiger partial charge in [-0.2, -0.15) is 5.10 Å². The summed E-state index contributed by atoms with van der Waals surface area (Å²) in [6.45, 7) is 1.28. The number of benzene rings is 1. The third kappa shape index (κ3) is 4.06. The summed E-state index contributed by atoms with van der Waals surface area (Å²) < 4.78 is 2.80. The van der Waals surface area contributed by atoms with Gasteiger partial charge in [0.1, 0.15) is 12.2 Å². The average molecular weight is 337 g/mol. The van der Waals surface area contributed by atoms with E-state index in [0.29, 0.717) is 13.1 Å². The fourth-order valence-electron chi connectivity index (χ4n) is 1.70. The molecule has 1 aromatic heterocycles. The van der Waals surface area contributed by atoms with Crippen LogP contribution in [0.2, 0.25) is 0 Å². The number of aliphatic imine (C=N–C) groups is 1. The summed E-state index contributed by atoms with van der Waals surface area (Å²) >= 11 is 3.46. The maximum Gasteiger partial charge on any atom is 0.191 e. The van der Waals surface area contributed by atoms with Gasteiger partial charge in [-0.3, -0.25) is 9.67 Å². The fourth-order valence-corrected chi connectivity index (χ4v) is 2.14. The van der Waals surface area contributed by atoms with Gasteiger partial charge >= 0.3 is 0 Å². The molecule has 0 aliphatic heterocycles. The van der Waals surface area contributed by atoms with Crippen LogP contribution in [0.4, 0.5) is 0 Å². The summed E-state index contributed by atoms with van der Waals surface area (Å²) in [6.07, 6.45) is 1.54. The number of hydrogen-bond acceptors (Lipinski definition) is 3. The Hall–Kier alpha value is -1.89. The lowest BCUT2D eigenvalue weighted by molar-refractivity contribution is 0.672. The van der Waals surface area contributed by atoms with Crippen LogP contribution in [-0.4, -0.2) is 27.8 Å². The van der Waals surface area contributed by atoms with Gasteiger partial charge in [0.2, 0.25) is 0 Å². The van der Waals surface area contributed by atoms with E-state index in [4.69, 9.17) is 0 Å². The fraction of sp³-hybridized carbons (Fsp3) is 0.308. The topological polar surface area (TPSA) is 67.1 Å². The first-order valence-corrected chi connectivity index (χ1v) is 7.00. The molecule has 0 aliphatic carbocycles. The molecule has 0 fully saturated rings. The first-order chi connectivity index (χ1) is 9.69. The highest BCUT2D eigenvalue weighted by molar-refractivity contribution is 9.10. The molecule has 2 aromatic rings. The summed E-state index contributed by atoms with van der Waals surface area (Å²) in [7, 11) is 3.61. The first kappa shape index (κ1) is 14.5. The van der Waals surface area contributed by atoms with E-state index in [1.807, 2.05) is 19.2 Å². The van der Waals surface area contributed by atoms with Crippen molar-refractivity contribution < 1.29 is 0 Å². The van der Waals surface area contributed by atoms with E-state index in [-0.39, 0.29) is 0 Å². The zero-order valence-corrected chi connectivity index (χ0v) is 13.1. The second-order valence-electron chi connectivity index (χ2n) is 4.21. The number of nitrogens with zero attached hydrogens (tertiary/aromatic N) is 4. The molecule has 0 atom stereocenters. The molecule has 7 heteroatoms. The van der Waals surface area contributed by atoms with Crippen LogP contribution in [0, 0.1) is 0 Å². The van der Waals surface area contributed by atoms with E-state index in [9.17, 15) is 0 Å². The van der Waals surface area contributed by atoms with Crippen LogP contribution in [0.5, 0.6) is 0 Å². The first-order valence-electron chi connectivity index (χ1n) is 6.21. The summed E-state index contributed by atoms with van der Waals surface area (Å²) in [6, 6.07) is 8.15. The van der Waals surface area contributed by atoms with E-state index < -0.39 is 0 Å². The molecule has 20 heavy (non-hydrogen) atoms. The van der Waals surface area contributed by atoms with Gasteiger partial charge in [0.25, 0.3) is 0 Å². The molecular weight excluding hydrogens is 320 g/mol. The second kappa shape index (κ2) is 7.04. The Kier molecular flexibility index (Phi) is 5.11. The SMILES string of the molecule is CN=C(NCc1cccc(Br)c1)NCc1ncnn1C. The van der Waals surface area contributed by atoms with Gasteiger partial charge in [-0.1, -0.05) is 28.1 Å². The van der Waals surface area contributed by atoms with Crippen molar-refractivity contribution in [2.75, 3.05) is 7.05 Å². The number of nitrogens with one attached hydrogen (secondary N) is 2. The minimum absolute atomic E-state index is 0.578. The summed E-state index contributed by atoms with van der Waals surface area (Å²) in [5, 5.41) is 10.5. The molecule has 106 valence electrons. The lowest BCUT2D eigenvalue weighted by Gasteiger charge is -2.11. The van der Waals surface area contributed by atoms with Gasteiger partial charge in [0.15, 0.2) is 5.96 Å². The van der Waals surface area contributed by atoms with E-state index in [1.165, 1.54) is 11.9 Å². The van der Waals surface area contributed by atoms with Crippen LogP contribution < -0.4 is 10.6 Å². The molecule has 0 spiro atoms. The highest BCUT2D eigenvalue weighted by Gasteiger charge is 2.02. The van der Waals surface area contributed by atoms with E-state index in [0.717, 1.165) is 16.3 Å². The molecule has 0 saturated heterocycles. The average Bonchev–Trinajstić information content (AvgIpc) is 2.85. The number of aryl methyl sites for hydroxylation is 1. The highest BCUT2D eigenvalue weighted by atomic mass is 79.9. The van der Waals surface area contributed by atoms with Crippen molar-refractivity contribution in [1.29, 1.82) is 0 Å². The maximum absolute atomic E-state index is 4.18. The van der Waals surface area contributed by atoms with Crippen LogP contribution in [0.3, 0.4) is 0 Å². The maximum atomic E-state index is 4.18. The predicted octanol–water partition coefficient (Wildman–Crippen LogP) is 1.44. The molecule has 0 radical (unpaired) electrons. The quantitative estimate of drug-likeness (QED) is 0.655. The van der Waals surface area contributed by atoms with Crippen LogP contribution in [-0.2, 0) is 20.1 Å². The van der Waals surface area contributed by atoms with Gasteiger partial charge in [-0.05, 0) is 17.7 Å². The molecule has 0 aliphatic rings. The number of hydrogen-bond donors (Lipinski definition) is 2. The molecule has 2 rings (SSSR count). The number of aromatic nitrogens is 3. The van der Waals surface area contributed by atoms with E-state index >= 15 is 0 Å².